The molecule has 2 rings (SSSR count). The van der Waals surface area contributed by atoms with E-state index in [9.17, 15) is 4.79 Å². The van der Waals surface area contributed by atoms with Crippen molar-refractivity contribution in [3.63, 3.8) is 0 Å². The van der Waals surface area contributed by atoms with Crippen LogP contribution in [0.4, 0.5) is 5.69 Å². The van der Waals surface area contributed by atoms with Crippen molar-refractivity contribution >= 4 is 23.2 Å². The Morgan fingerprint density at radius 1 is 1.16 bits per heavy atom. The van der Waals surface area contributed by atoms with Gasteiger partial charge in [0, 0.05) is 23.2 Å². The highest BCUT2D eigenvalue weighted by atomic mass is 35.5. The van der Waals surface area contributed by atoms with E-state index in [1.165, 1.54) is 5.56 Å². The molecule has 2 aromatic rings. The molecule has 5 heteroatoms. The van der Waals surface area contributed by atoms with Crippen LogP contribution in [0.3, 0.4) is 0 Å². The lowest BCUT2D eigenvalue weighted by molar-refractivity contribution is 0.102. The molecule has 0 aromatic heterocycles. The number of aryl methyl sites for hydroxylation is 1. The molecule has 134 valence electrons. The fourth-order valence-electron chi connectivity index (χ4n) is 2.59. The fraction of sp³-hybridized carbons (Fsp3) is 0.350. The van der Waals surface area contributed by atoms with E-state index in [4.69, 9.17) is 16.3 Å². The number of ether oxygens (including phenoxy) is 1. The largest absolute Gasteiger partial charge is 0.495 e. The van der Waals surface area contributed by atoms with Crippen LogP contribution in [0, 0.1) is 6.92 Å². The Morgan fingerprint density at radius 2 is 1.80 bits per heavy atom. The molecule has 0 spiro atoms. The SMILES string of the molecule is CCN(CC)Cc1ccc(C(=O)Nc2cc(C)c(Cl)cc2OC)cc1. The summed E-state index contributed by atoms with van der Waals surface area (Å²) in [5.74, 6) is 0.372. The summed E-state index contributed by atoms with van der Waals surface area (Å²) in [6.45, 7) is 9.08. The third kappa shape index (κ3) is 4.97. The molecular formula is C20H25ClN2O2. The summed E-state index contributed by atoms with van der Waals surface area (Å²) in [5.41, 5.74) is 3.30. The first-order valence-electron chi connectivity index (χ1n) is 8.45. The van der Waals surface area contributed by atoms with Gasteiger partial charge in [-0.2, -0.15) is 0 Å². The Morgan fingerprint density at radius 3 is 2.36 bits per heavy atom. The Balaban J connectivity index is 2.12. The van der Waals surface area contributed by atoms with Gasteiger partial charge in [-0.25, -0.2) is 0 Å². The summed E-state index contributed by atoms with van der Waals surface area (Å²) < 4.78 is 5.30. The van der Waals surface area contributed by atoms with Gasteiger partial charge in [0.15, 0.2) is 0 Å². The average molecular weight is 361 g/mol. The Bertz CT molecular complexity index is 725. The highest BCUT2D eigenvalue weighted by Crippen LogP contribution is 2.31. The van der Waals surface area contributed by atoms with Crippen molar-refractivity contribution in [2.75, 3.05) is 25.5 Å². The average Bonchev–Trinajstić information content (AvgIpc) is 2.62. The van der Waals surface area contributed by atoms with Crippen molar-refractivity contribution in [2.45, 2.75) is 27.3 Å². The third-order valence-electron chi connectivity index (χ3n) is 4.25. The molecule has 0 unspecified atom stereocenters. The molecule has 0 aliphatic rings. The van der Waals surface area contributed by atoms with E-state index in [1.54, 1.807) is 13.2 Å². The number of hydrogen-bond acceptors (Lipinski definition) is 3. The second-order valence-electron chi connectivity index (χ2n) is 5.91. The Kier molecular flexibility index (Phi) is 6.85. The lowest BCUT2D eigenvalue weighted by Crippen LogP contribution is -2.22. The number of halogens is 1. The summed E-state index contributed by atoms with van der Waals surface area (Å²) in [4.78, 5) is 14.8. The van der Waals surface area contributed by atoms with Gasteiger partial charge >= 0.3 is 0 Å². The highest BCUT2D eigenvalue weighted by molar-refractivity contribution is 6.31. The summed E-state index contributed by atoms with van der Waals surface area (Å²) in [5, 5.41) is 3.50. The summed E-state index contributed by atoms with van der Waals surface area (Å²) in [6, 6.07) is 11.2. The standard InChI is InChI=1S/C20H25ClN2O2/c1-5-23(6-2)13-15-7-9-16(10-8-15)20(24)22-18-11-14(3)17(21)12-19(18)25-4/h7-12H,5-6,13H2,1-4H3,(H,22,24). The molecule has 0 radical (unpaired) electrons. The normalized spacial score (nSPS) is 10.8. The maximum Gasteiger partial charge on any atom is 0.255 e. The van der Waals surface area contributed by atoms with Gasteiger partial charge in [-0.3, -0.25) is 9.69 Å². The number of anilines is 1. The van der Waals surface area contributed by atoms with E-state index < -0.39 is 0 Å². The first kappa shape index (κ1) is 19.3. The molecule has 4 nitrogen and oxygen atoms in total. The van der Waals surface area contributed by atoms with Crippen molar-refractivity contribution in [1.29, 1.82) is 0 Å². The predicted molar refractivity (Wildman–Crippen MR) is 104 cm³/mol. The van der Waals surface area contributed by atoms with Crippen molar-refractivity contribution in [1.82, 2.24) is 4.90 Å². The zero-order valence-corrected chi connectivity index (χ0v) is 16.0. The Hall–Kier alpha value is -2.04. The van der Waals surface area contributed by atoms with Crippen LogP contribution in [0.25, 0.3) is 0 Å². The lowest BCUT2D eigenvalue weighted by Gasteiger charge is -2.18. The second-order valence-corrected chi connectivity index (χ2v) is 6.32. The molecular weight excluding hydrogens is 336 g/mol. The van der Waals surface area contributed by atoms with E-state index in [2.05, 4.69) is 24.1 Å². The van der Waals surface area contributed by atoms with E-state index >= 15 is 0 Å². The van der Waals surface area contributed by atoms with Crippen LogP contribution < -0.4 is 10.1 Å². The smallest absolute Gasteiger partial charge is 0.255 e. The van der Waals surface area contributed by atoms with Gasteiger partial charge in [0.1, 0.15) is 5.75 Å². The van der Waals surface area contributed by atoms with Crippen molar-refractivity contribution < 1.29 is 9.53 Å². The molecule has 2 aromatic carbocycles. The number of hydrogen-bond donors (Lipinski definition) is 1. The van der Waals surface area contributed by atoms with Gasteiger partial charge in [-0.05, 0) is 49.3 Å². The fourth-order valence-corrected chi connectivity index (χ4v) is 2.74. The number of amides is 1. The zero-order chi connectivity index (χ0) is 18.4. The molecule has 0 fully saturated rings. The van der Waals surface area contributed by atoms with Gasteiger partial charge in [0.25, 0.3) is 5.91 Å². The number of rotatable bonds is 7. The number of carbonyl (C=O) groups excluding carboxylic acids is 1. The zero-order valence-electron chi connectivity index (χ0n) is 15.2. The molecule has 25 heavy (non-hydrogen) atoms. The van der Waals surface area contributed by atoms with Crippen LogP contribution in [0.2, 0.25) is 5.02 Å². The van der Waals surface area contributed by atoms with Crippen LogP contribution in [0.15, 0.2) is 36.4 Å². The summed E-state index contributed by atoms with van der Waals surface area (Å²) in [7, 11) is 1.55. The third-order valence-corrected chi connectivity index (χ3v) is 4.65. The lowest BCUT2D eigenvalue weighted by atomic mass is 10.1. The molecule has 0 heterocycles. The highest BCUT2D eigenvalue weighted by Gasteiger charge is 2.12. The molecule has 0 saturated heterocycles. The quantitative estimate of drug-likeness (QED) is 0.774. The first-order valence-corrected chi connectivity index (χ1v) is 8.83. The Labute approximate surface area is 154 Å². The number of benzene rings is 2. The maximum absolute atomic E-state index is 12.5. The summed E-state index contributed by atoms with van der Waals surface area (Å²) >= 11 is 6.10. The van der Waals surface area contributed by atoms with Gasteiger partial charge in [0.2, 0.25) is 0 Å². The second kappa shape index (κ2) is 8.88. The topological polar surface area (TPSA) is 41.6 Å². The van der Waals surface area contributed by atoms with E-state index in [0.717, 1.165) is 25.2 Å². The number of nitrogens with zero attached hydrogens (tertiary/aromatic N) is 1. The minimum absolute atomic E-state index is 0.172. The number of carbonyl (C=O) groups is 1. The monoisotopic (exact) mass is 360 g/mol. The van der Waals surface area contributed by atoms with Crippen molar-refractivity contribution in [2.24, 2.45) is 0 Å². The van der Waals surface area contributed by atoms with Crippen molar-refractivity contribution in [3.8, 4) is 5.75 Å². The van der Waals surface area contributed by atoms with Gasteiger partial charge in [-0.1, -0.05) is 37.6 Å². The first-order chi connectivity index (χ1) is 12.0. The minimum Gasteiger partial charge on any atom is -0.495 e. The molecule has 1 N–H and O–H groups in total. The molecule has 0 bridgehead atoms. The van der Waals surface area contributed by atoms with Crippen molar-refractivity contribution in [3.05, 3.63) is 58.1 Å². The van der Waals surface area contributed by atoms with Gasteiger partial charge in [0.05, 0.1) is 12.8 Å². The van der Waals surface area contributed by atoms with Crippen LogP contribution in [-0.2, 0) is 6.54 Å². The molecule has 0 aliphatic carbocycles. The maximum atomic E-state index is 12.5. The van der Waals surface area contributed by atoms with Gasteiger partial charge in [-0.15, -0.1) is 0 Å². The predicted octanol–water partition coefficient (Wildman–Crippen LogP) is 4.75. The van der Waals surface area contributed by atoms with E-state index in [0.29, 0.717) is 22.0 Å². The van der Waals surface area contributed by atoms with E-state index in [1.807, 2.05) is 37.3 Å². The molecule has 1 amide bonds. The van der Waals surface area contributed by atoms with Crippen LogP contribution >= 0.6 is 11.6 Å². The number of methoxy groups -OCH3 is 1. The van der Waals surface area contributed by atoms with Crippen LogP contribution in [0.5, 0.6) is 5.75 Å². The van der Waals surface area contributed by atoms with Crippen LogP contribution in [0.1, 0.15) is 35.3 Å². The number of nitrogens with one attached hydrogen (secondary N) is 1. The minimum atomic E-state index is -0.172. The van der Waals surface area contributed by atoms with Crippen LogP contribution in [-0.4, -0.2) is 31.0 Å². The molecule has 0 atom stereocenters. The molecule has 0 saturated carbocycles. The van der Waals surface area contributed by atoms with Gasteiger partial charge < -0.3 is 10.1 Å². The van der Waals surface area contributed by atoms with E-state index in [-0.39, 0.29) is 5.91 Å². The summed E-state index contributed by atoms with van der Waals surface area (Å²) in [6.07, 6.45) is 0. The molecule has 0 aliphatic heterocycles.